The van der Waals surface area contributed by atoms with Gasteiger partial charge in [0.05, 0.1) is 57.3 Å². The molecular weight excluding hydrogens is 761 g/mol. The highest BCUT2D eigenvalue weighted by Gasteiger charge is 2.60. The van der Waals surface area contributed by atoms with Crippen LogP contribution in [0.3, 0.4) is 0 Å². The third kappa shape index (κ3) is 10.4. The topological polar surface area (TPSA) is 179 Å². The number of methoxy groups -OCH3 is 1. The largest absolute Gasteiger partial charge is 0.493 e. The van der Waals surface area contributed by atoms with E-state index in [0.29, 0.717) is 80.8 Å². The zero-order chi connectivity index (χ0) is 40.4. The lowest BCUT2D eigenvalue weighted by atomic mass is 9.70. The van der Waals surface area contributed by atoms with Gasteiger partial charge in [-0.05, 0) is 64.5 Å². The van der Waals surface area contributed by atoms with Gasteiger partial charge < -0.3 is 45.1 Å². The van der Waals surface area contributed by atoms with Gasteiger partial charge in [0.25, 0.3) is 0 Å². The molecule has 0 aliphatic carbocycles. The summed E-state index contributed by atoms with van der Waals surface area (Å²) in [5, 5.41) is 23.2. The van der Waals surface area contributed by atoms with Crippen molar-refractivity contribution in [3.63, 3.8) is 0 Å². The highest BCUT2D eigenvalue weighted by molar-refractivity contribution is 8.00. The van der Waals surface area contributed by atoms with Gasteiger partial charge in [-0.3, -0.25) is 9.59 Å². The zero-order valence-electron chi connectivity index (χ0n) is 34.5. The van der Waals surface area contributed by atoms with Crippen molar-refractivity contribution in [2.24, 2.45) is 5.41 Å². The molecule has 4 aliphatic heterocycles. The standard InChI is InChI=1S/C41H62N10O6S/c1-40-24-37(53)47-41(40,2)28-58-35(40)11-5-6-12-36(52)43-14-18-55-20-21-56-19-17-51-26-30(48-49-51)27-57-34-23-32-31(22-33(34)54-3)38(44-29-10-9-13-42-25-29)46-39(45-32)50-15-7-4-8-16-50/h22-23,26,29,35,42H,4-21,24-25,27-28H2,1-3H3,(H,43,52)(H,47,53)(H,44,45,46)/t29-,35+,40-,41+/m1/s1. The third-order valence-electron chi connectivity index (χ3n) is 12.2. The Kier molecular flexibility index (Phi) is 14.5. The summed E-state index contributed by atoms with van der Waals surface area (Å²) in [5.41, 5.74) is 1.37. The number of thioether (sulfide) groups is 1. The Labute approximate surface area is 346 Å². The van der Waals surface area contributed by atoms with Crippen LogP contribution in [0.1, 0.15) is 83.7 Å². The van der Waals surface area contributed by atoms with Crippen LogP contribution in [0.15, 0.2) is 18.3 Å². The van der Waals surface area contributed by atoms with Gasteiger partial charge in [0.15, 0.2) is 11.5 Å². The highest BCUT2D eigenvalue weighted by Crippen LogP contribution is 2.56. The smallest absolute Gasteiger partial charge is 0.227 e. The molecule has 4 N–H and O–H groups in total. The molecule has 16 nitrogen and oxygen atoms in total. The van der Waals surface area contributed by atoms with E-state index in [1.807, 2.05) is 30.1 Å². The predicted octanol–water partition coefficient (Wildman–Crippen LogP) is 4.07. The molecule has 4 saturated heterocycles. The van der Waals surface area contributed by atoms with Crippen molar-refractivity contribution in [2.75, 3.05) is 82.2 Å². The number of unbranched alkanes of at least 4 members (excludes halogenated alkanes) is 1. The van der Waals surface area contributed by atoms with Crippen molar-refractivity contribution < 1.29 is 28.5 Å². The number of aromatic nitrogens is 5. The Hall–Kier alpha value is -3.93. The van der Waals surface area contributed by atoms with E-state index in [1.54, 1.807) is 11.8 Å². The second-order valence-corrected chi connectivity index (χ2v) is 17.7. The molecule has 2 aromatic heterocycles. The number of carbonyl (C=O) groups excluding carboxylic acids is 2. The predicted molar refractivity (Wildman–Crippen MR) is 225 cm³/mol. The van der Waals surface area contributed by atoms with Gasteiger partial charge in [-0.1, -0.05) is 18.6 Å². The first-order valence-corrected chi connectivity index (χ1v) is 22.3. The lowest BCUT2D eigenvalue weighted by Crippen LogP contribution is -2.49. The Balaban J connectivity index is 0.785. The number of hydrogen-bond donors (Lipinski definition) is 4. The molecule has 0 radical (unpaired) electrons. The van der Waals surface area contributed by atoms with Gasteiger partial charge in [0, 0.05) is 72.9 Å². The molecule has 17 heteroatoms. The molecule has 0 bridgehead atoms. The second kappa shape index (κ2) is 19.9. The summed E-state index contributed by atoms with van der Waals surface area (Å²) in [6.07, 6.45) is 11.6. The minimum Gasteiger partial charge on any atom is -0.493 e. The molecule has 0 saturated carbocycles. The Morgan fingerprint density at radius 3 is 2.69 bits per heavy atom. The fraction of sp³-hybridized carbons (Fsp3) is 0.707. The maximum atomic E-state index is 12.3. The van der Waals surface area contributed by atoms with E-state index in [2.05, 4.69) is 50.3 Å². The molecule has 1 aromatic carbocycles. The lowest BCUT2D eigenvalue weighted by molar-refractivity contribution is -0.121. The van der Waals surface area contributed by atoms with Crippen LogP contribution in [-0.2, 0) is 32.2 Å². The molecule has 6 heterocycles. The van der Waals surface area contributed by atoms with Crippen LogP contribution in [0.4, 0.5) is 11.8 Å². The molecule has 58 heavy (non-hydrogen) atoms. The lowest BCUT2D eigenvalue weighted by Gasteiger charge is -2.36. The number of amides is 2. The molecule has 2 amide bonds. The van der Waals surface area contributed by atoms with Crippen molar-refractivity contribution in [3.05, 3.63) is 24.0 Å². The summed E-state index contributed by atoms with van der Waals surface area (Å²) < 4.78 is 25.2. The Morgan fingerprint density at radius 1 is 1.03 bits per heavy atom. The number of piperidine rings is 2. The molecule has 4 atom stereocenters. The fourth-order valence-electron chi connectivity index (χ4n) is 8.57. The normalized spacial score (nSPS) is 24.5. The Bertz CT molecular complexity index is 1840. The van der Waals surface area contributed by atoms with Crippen molar-refractivity contribution in [1.29, 1.82) is 0 Å². The number of anilines is 2. The number of rotatable bonds is 21. The minimum absolute atomic E-state index is 0.00673. The molecule has 0 spiro atoms. The van der Waals surface area contributed by atoms with Crippen LogP contribution < -0.4 is 35.6 Å². The molecule has 4 aliphatic rings. The van der Waals surface area contributed by atoms with E-state index >= 15 is 0 Å². The maximum absolute atomic E-state index is 12.3. The molecular formula is C41H62N10O6S. The van der Waals surface area contributed by atoms with Crippen LogP contribution in [0, 0.1) is 5.41 Å². The van der Waals surface area contributed by atoms with Crippen LogP contribution >= 0.6 is 11.8 Å². The number of ether oxygens (including phenoxy) is 4. The fourth-order valence-corrected chi connectivity index (χ4v) is 10.5. The van der Waals surface area contributed by atoms with Crippen LogP contribution in [0.2, 0.25) is 0 Å². The number of hydrogen-bond acceptors (Lipinski definition) is 14. The third-order valence-corrected chi connectivity index (χ3v) is 14.1. The molecule has 3 aromatic rings. The first kappa shape index (κ1) is 42.2. The first-order chi connectivity index (χ1) is 28.2. The van der Waals surface area contributed by atoms with Gasteiger partial charge in [0.1, 0.15) is 18.1 Å². The van der Waals surface area contributed by atoms with E-state index in [4.69, 9.17) is 28.9 Å². The highest BCUT2D eigenvalue weighted by atomic mass is 32.2. The van der Waals surface area contributed by atoms with E-state index in [0.717, 1.165) is 99.5 Å². The molecule has 4 fully saturated rings. The Morgan fingerprint density at radius 2 is 1.88 bits per heavy atom. The molecule has 0 unspecified atom stereocenters. The van der Waals surface area contributed by atoms with Crippen LogP contribution in [0.25, 0.3) is 10.9 Å². The first-order valence-electron chi connectivity index (χ1n) is 21.2. The number of fused-ring (bicyclic) bond motifs is 2. The number of nitrogens with zero attached hydrogens (tertiary/aromatic N) is 6. The zero-order valence-corrected chi connectivity index (χ0v) is 35.3. The molecule has 7 rings (SSSR count). The van der Waals surface area contributed by atoms with Crippen LogP contribution in [0.5, 0.6) is 11.5 Å². The van der Waals surface area contributed by atoms with Crippen LogP contribution in [-0.4, -0.2) is 126 Å². The minimum atomic E-state index is -0.111. The summed E-state index contributed by atoms with van der Waals surface area (Å²) in [6.45, 7) is 11.3. The maximum Gasteiger partial charge on any atom is 0.227 e. The quantitative estimate of drug-likeness (QED) is 0.113. The van der Waals surface area contributed by atoms with E-state index in [-0.39, 0.29) is 29.4 Å². The summed E-state index contributed by atoms with van der Waals surface area (Å²) in [5.74, 6) is 3.93. The van der Waals surface area contributed by atoms with Crippen molar-refractivity contribution in [2.45, 2.75) is 108 Å². The van der Waals surface area contributed by atoms with Gasteiger partial charge in [-0.2, -0.15) is 16.7 Å². The van der Waals surface area contributed by atoms with E-state index < -0.39 is 0 Å². The summed E-state index contributed by atoms with van der Waals surface area (Å²) in [7, 11) is 1.64. The monoisotopic (exact) mass is 822 g/mol. The summed E-state index contributed by atoms with van der Waals surface area (Å²) >= 11 is 1.96. The number of benzene rings is 1. The average Bonchev–Trinajstić information content (AvgIpc) is 3.85. The van der Waals surface area contributed by atoms with Gasteiger partial charge in [0.2, 0.25) is 17.8 Å². The summed E-state index contributed by atoms with van der Waals surface area (Å²) in [4.78, 5) is 36.7. The SMILES string of the molecule is COc1cc2c(N[C@@H]3CCCNC3)nc(N3CCCCC3)nc2cc1OCc1cn(CCOCCOCCNC(=O)CCCC[C@@H]2SC[C@]3(C)NC(=O)C[C@]23C)nn1. The average molecular weight is 823 g/mol. The van der Waals surface area contributed by atoms with Crippen molar-refractivity contribution >= 4 is 46.2 Å². The van der Waals surface area contributed by atoms with E-state index in [1.165, 1.54) is 6.42 Å². The van der Waals surface area contributed by atoms with E-state index in [9.17, 15) is 9.59 Å². The summed E-state index contributed by atoms with van der Waals surface area (Å²) in [6, 6.07) is 4.20. The second-order valence-electron chi connectivity index (χ2n) is 16.5. The van der Waals surface area contributed by atoms with Crippen molar-refractivity contribution in [3.8, 4) is 11.5 Å². The number of carbonyl (C=O) groups is 2. The van der Waals surface area contributed by atoms with Gasteiger partial charge >= 0.3 is 0 Å². The van der Waals surface area contributed by atoms with Gasteiger partial charge in [-0.15, -0.1) is 5.10 Å². The molecule has 318 valence electrons. The van der Waals surface area contributed by atoms with Gasteiger partial charge in [-0.25, -0.2) is 9.67 Å². The van der Waals surface area contributed by atoms with Crippen molar-refractivity contribution in [1.82, 2.24) is 40.9 Å². The number of nitrogens with one attached hydrogen (secondary N) is 4.